The van der Waals surface area contributed by atoms with E-state index in [1.165, 1.54) is 11.3 Å². The quantitative estimate of drug-likeness (QED) is 0.688. The number of pyridine rings is 1. The first-order valence-corrected chi connectivity index (χ1v) is 7.70. The number of hydrogen-bond acceptors (Lipinski definition) is 5. The van der Waals surface area contributed by atoms with Gasteiger partial charge in [-0.15, -0.1) is 11.3 Å². The molecule has 2 heterocycles. The fourth-order valence-corrected chi connectivity index (χ4v) is 2.80. The van der Waals surface area contributed by atoms with Gasteiger partial charge in [-0.1, -0.05) is 36.4 Å². The van der Waals surface area contributed by atoms with E-state index in [4.69, 9.17) is 4.74 Å². The van der Waals surface area contributed by atoms with Gasteiger partial charge in [0.05, 0.1) is 16.9 Å². The topological polar surface area (TPSA) is 52.1 Å². The number of thiazole rings is 1. The molecule has 0 fully saturated rings. The summed E-state index contributed by atoms with van der Waals surface area (Å²) in [7, 11) is 0. The zero-order valence-electron chi connectivity index (χ0n) is 12.0. The van der Waals surface area contributed by atoms with Crippen molar-refractivity contribution in [3.63, 3.8) is 0 Å². The average molecular weight is 310 g/mol. The maximum Gasteiger partial charge on any atom is 0.351 e. The minimum absolute atomic E-state index is 0.375. The number of hydrogen-bond donors (Lipinski definition) is 0. The summed E-state index contributed by atoms with van der Waals surface area (Å²) in [6.07, 6.45) is 1.16. The van der Waals surface area contributed by atoms with Gasteiger partial charge in [-0.2, -0.15) is 0 Å². The van der Waals surface area contributed by atoms with Crippen LogP contribution in [0, 0.1) is 6.92 Å². The summed E-state index contributed by atoms with van der Waals surface area (Å²) >= 11 is 1.28. The van der Waals surface area contributed by atoms with E-state index >= 15 is 0 Å². The number of nitrogens with zero attached hydrogens (tertiary/aromatic N) is 2. The summed E-state index contributed by atoms with van der Waals surface area (Å²) in [4.78, 5) is 21.3. The number of carbonyl (C=O) groups excluding carboxylic acids is 1. The number of esters is 1. The molecule has 3 aromatic rings. The molecule has 0 bridgehead atoms. The standard InChI is InChI=1S/C17H14N2O2S/c1-12-16(22-11-19-12)17(20)21-15(13-7-3-2-4-8-13)14-9-5-6-10-18-14/h2-11,15H,1H3/t15-/m1/s1. The van der Waals surface area contributed by atoms with Gasteiger partial charge in [0.2, 0.25) is 0 Å². The van der Waals surface area contributed by atoms with Crippen molar-refractivity contribution < 1.29 is 9.53 Å². The Hall–Kier alpha value is -2.53. The van der Waals surface area contributed by atoms with Crippen LogP contribution in [0.3, 0.4) is 0 Å². The number of carbonyl (C=O) groups is 1. The molecule has 0 unspecified atom stereocenters. The van der Waals surface area contributed by atoms with Crippen molar-refractivity contribution in [1.29, 1.82) is 0 Å². The van der Waals surface area contributed by atoms with Gasteiger partial charge in [0.15, 0.2) is 6.10 Å². The zero-order chi connectivity index (χ0) is 15.4. The molecular formula is C17H14N2O2S. The first-order chi connectivity index (χ1) is 10.8. The van der Waals surface area contributed by atoms with E-state index < -0.39 is 6.10 Å². The molecule has 1 atom stereocenters. The highest BCUT2D eigenvalue weighted by Gasteiger charge is 2.23. The Labute approximate surface area is 132 Å². The van der Waals surface area contributed by atoms with Gasteiger partial charge in [0.1, 0.15) is 4.88 Å². The monoisotopic (exact) mass is 310 g/mol. The molecule has 4 nitrogen and oxygen atoms in total. The number of rotatable bonds is 4. The van der Waals surface area contributed by atoms with Gasteiger partial charge in [-0.3, -0.25) is 4.98 Å². The highest BCUT2D eigenvalue weighted by atomic mass is 32.1. The number of aryl methyl sites for hydroxylation is 1. The maximum absolute atomic E-state index is 12.4. The van der Waals surface area contributed by atoms with Gasteiger partial charge in [0.25, 0.3) is 0 Å². The highest BCUT2D eigenvalue weighted by molar-refractivity contribution is 7.11. The van der Waals surface area contributed by atoms with E-state index in [9.17, 15) is 4.79 Å². The molecule has 0 aliphatic heterocycles. The fourth-order valence-electron chi connectivity index (χ4n) is 2.12. The molecule has 5 heteroatoms. The lowest BCUT2D eigenvalue weighted by atomic mass is 10.1. The fraction of sp³-hybridized carbons (Fsp3) is 0.118. The van der Waals surface area contributed by atoms with Gasteiger partial charge in [0, 0.05) is 6.20 Å². The summed E-state index contributed by atoms with van der Waals surface area (Å²) in [6, 6.07) is 15.2. The Kier molecular flexibility index (Phi) is 4.25. The largest absolute Gasteiger partial charge is 0.447 e. The lowest BCUT2D eigenvalue weighted by Gasteiger charge is -2.17. The summed E-state index contributed by atoms with van der Waals surface area (Å²) < 4.78 is 5.72. The molecule has 0 radical (unpaired) electrons. The van der Waals surface area contributed by atoms with Crippen molar-refractivity contribution >= 4 is 17.3 Å². The molecule has 0 saturated carbocycles. The van der Waals surface area contributed by atoms with Crippen LogP contribution in [0.2, 0.25) is 0 Å². The Morgan fingerprint density at radius 2 is 1.86 bits per heavy atom. The first kappa shape index (κ1) is 14.4. The summed E-state index contributed by atoms with van der Waals surface area (Å²) in [5.74, 6) is -0.375. The van der Waals surface area contributed by atoms with Crippen molar-refractivity contribution in [2.45, 2.75) is 13.0 Å². The molecule has 0 N–H and O–H groups in total. The molecule has 0 spiro atoms. The van der Waals surface area contributed by atoms with Crippen molar-refractivity contribution in [2.24, 2.45) is 0 Å². The van der Waals surface area contributed by atoms with Crippen LogP contribution in [0.15, 0.2) is 60.2 Å². The van der Waals surface area contributed by atoms with Crippen LogP contribution >= 0.6 is 11.3 Å². The second-order valence-electron chi connectivity index (χ2n) is 4.72. The van der Waals surface area contributed by atoms with Crippen molar-refractivity contribution in [3.8, 4) is 0 Å². The van der Waals surface area contributed by atoms with Crippen molar-refractivity contribution in [2.75, 3.05) is 0 Å². The predicted molar refractivity (Wildman–Crippen MR) is 84.8 cm³/mol. The Balaban J connectivity index is 1.93. The van der Waals surface area contributed by atoms with Gasteiger partial charge >= 0.3 is 5.97 Å². The predicted octanol–water partition coefficient (Wildman–Crippen LogP) is 3.79. The van der Waals surface area contributed by atoms with E-state index in [1.54, 1.807) is 18.6 Å². The van der Waals surface area contributed by atoms with E-state index in [1.807, 2.05) is 48.5 Å². The van der Waals surface area contributed by atoms with Crippen LogP contribution < -0.4 is 0 Å². The van der Waals surface area contributed by atoms with Gasteiger partial charge in [-0.25, -0.2) is 9.78 Å². The zero-order valence-corrected chi connectivity index (χ0v) is 12.8. The van der Waals surface area contributed by atoms with E-state index in [2.05, 4.69) is 9.97 Å². The average Bonchev–Trinajstić information content (AvgIpc) is 3.00. The molecule has 0 saturated heterocycles. The van der Waals surface area contributed by atoms with Gasteiger partial charge < -0.3 is 4.74 Å². The minimum Gasteiger partial charge on any atom is -0.447 e. The van der Waals surface area contributed by atoms with Crippen LogP contribution in [-0.2, 0) is 4.74 Å². The Bertz CT molecular complexity index is 717. The van der Waals surface area contributed by atoms with Gasteiger partial charge in [-0.05, 0) is 24.6 Å². The van der Waals surface area contributed by atoms with Crippen LogP contribution in [-0.4, -0.2) is 15.9 Å². The third-order valence-corrected chi connectivity index (χ3v) is 4.12. The number of benzene rings is 1. The molecule has 0 amide bonds. The maximum atomic E-state index is 12.4. The second kappa shape index (κ2) is 6.49. The Morgan fingerprint density at radius 3 is 2.50 bits per heavy atom. The van der Waals surface area contributed by atoms with Crippen LogP contribution in [0.4, 0.5) is 0 Å². The molecular weight excluding hydrogens is 296 g/mol. The third kappa shape index (κ3) is 3.04. The van der Waals surface area contributed by atoms with Crippen LogP contribution in [0.25, 0.3) is 0 Å². The normalized spacial score (nSPS) is 11.9. The Morgan fingerprint density at radius 1 is 1.09 bits per heavy atom. The SMILES string of the molecule is Cc1ncsc1C(=O)O[C@H](c1ccccc1)c1ccccn1. The highest BCUT2D eigenvalue weighted by Crippen LogP contribution is 2.26. The molecule has 3 rings (SSSR count). The van der Waals surface area contributed by atoms with E-state index in [0.717, 1.165) is 5.56 Å². The summed E-state index contributed by atoms with van der Waals surface area (Å²) in [6.45, 7) is 1.80. The first-order valence-electron chi connectivity index (χ1n) is 6.82. The third-order valence-electron chi connectivity index (χ3n) is 3.21. The number of aromatic nitrogens is 2. The van der Waals surface area contributed by atoms with Crippen LogP contribution in [0.5, 0.6) is 0 Å². The van der Waals surface area contributed by atoms with Crippen molar-refractivity contribution in [3.05, 3.63) is 82.1 Å². The van der Waals surface area contributed by atoms with Crippen molar-refractivity contribution in [1.82, 2.24) is 9.97 Å². The van der Waals surface area contributed by atoms with E-state index in [0.29, 0.717) is 16.3 Å². The molecule has 0 aliphatic carbocycles. The summed E-state index contributed by atoms with van der Waals surface area (Å²) in [5.41, 5.74) is 3.91. The molecule has 110 valence electrons. The van der Waals surface area contributed by atoms with E-state index in [-0.39, 0.29) is 5.97 Å². The smallest absolute Gasteiger partial charge is 0.351 e. The summed E-state index contributed by atoms with van der Waals surface area (Å²) in [5, 5.41) is 0. The second-order valence-corrected chi connectivity index (χ2v) is 5.57. The molecule has 0 aliphatic rings. The lowest BCUT2D eigenvalue weighted by molar-refractivity contribution is 0.0375. The molecule has 22 heavy (non-hydrogen) atoms. The minimum atomic E-state index is -0.531. The molecule has 1 aromatic carbocycles. The lowest BCUT2D eigenvalue weighted by Crippen LogP contribution is -2.14. The van der Waals surface area contributed by atoms with Crippen LogP contribution in [0.1, 0.15) is 32.7 Å². The number of ether oxygens (including phenoxy) is 1. The molecule has 2 aromatic heterocycles.